The van der Waals surface area contributed by atoms with E-state index in [9.17, 15) is 9.59 Å². The van der Waals surface area contributed by atoms with Crippen LogP contribution in [0.5, 0.6) is 0 Å². The highest BCUT2D eigenvalue weighted by Crippen LogP contribution is 2.19. The fraction of sp³-hybridized carbons (Fsp3) is 0.333. The highest BCUT2D eigenvalue weighted by molar-refractivity contribution is 6.31. The van der Waals surface area contributed by atoms with Gasteiger partial charge in [0, 0.05) is 23.5 Å². The Balaban J connectivity index is 1.79. The molecule has 118 valence electrons. The van der Waals surface area contributed by atoms with Gasteiger partial charge in [-0.05, 0) is 31.0 Å². The van der Waals surface area contributed by atoms with Crippen molar-refractivity contribution >= 4 is 34.1 Å². The molecule has 3 heterocycles. The SMILES string of the molecule is O=C(Cn1nc2c3ccc(Cl)cc3ncn2c1=O)N1CCCC1. The lowest BCUT2D eigenvalue weighted by Gasteiger charge is -2.14. The van der Waals surface area contributed by atoms with Crippen molar-refractivity contribution in [3.63, 3.8) is 0 Å². The minimum absolute atomic E-state index is 0.0460. The maximum atomic E-state index is 12.4. The zero-order valence-electron chi connectivity index (χ0n) is 12.3. The first kappa shape index (κ1) is 14.2. The fourth-order valence-electron chi connectivity index (χ4n) is 2.93. The summed E-state index contributed by atoms with van der Waals surface area (Å²) in [7, 11) is 0. The summed E-state index contributed by atoms with van der Waals surface area (Å²) in [5.41, 5.74) is 0.774. The van der Waals surface area contributed by atoms with Crippen molar-refractivity contribution in [2.75, 3.05) is 13.1 Å². The van der Waals surface area contributed by atoms with Gasteiger partial charge in [0.15, 0.2) is 5.65 Å². The topological polar surface area (TPSA) is 72.5 Å². The Bertz CT molecular complexity index is 971. The van der Waals surface area contributed by atoms with E-state index in [4.69, 9.17) is 11.6 Å². The van der Waals surface area contributed by atoms with Gasteiger partial charge in [0.2, 0.25) is 5.91 Å². The van der Waals surface area contributed by atoms with Crippen molar-refractivity contribution in [3.05, 3.63) is 40.0 Å². The monoisotopic (exact) mass is 331 g/mol. The molecule has 0 radical (unpaired) electrons. The maximum absolute atomic E-state index is 12.4. The number of fused-ring (bicyclic) bond motifs is 3. The largest absolute Gasteiger partial charge is 0.352 e. The number of benzene rings is 1. The molecule has 1 aromatic carbocycles. The lowest BCUT2D eigenvalue weighted by atomic mass is 10.2. The first-order chi connectivity index (χ1) is 11.1. The van der Waals surface area contributed by atoms with Crippen LogP contribution in [0.1, 0.15) is 12.8 Å². The zero-order valence-corrected chi connectivity index (χ0v) is 13.0. The van der Waals surface area contributed by atoms with Crippen LogP contribution in [0, 0.1) is 0 Å². The molecule has 7 nitrogen and oxygen atoms in total. The Kier molecular flexibility index (Phi) is 3.30. The zero-order chi connectivity index (χ0) is 16.0. The van der Waals surface area contributed by atoms with E-state index in [-0.39, 0.29) is 18.1 Å². The average Bonchev–Trinajstić information content (AvgIpc) is 3.16. The lowest BCUT2D eigenvalue weighted by Crippen LogP contribution is -2.34. The number of rotatable bonds is 2. The number of nitrogens with zero attached hydrogens (tertiary/aromatic N) is 5. The van der Waals surface area contributed by atoms with Gasteiger partial charge in [0.1, 0.15) is 12.9 Å². The Hall–Kier alpha value is -2.41. The molecule has 1 amide bonds. The molecule has 0 unspecified atom stereocenters. The Morgan fingerprint density at radius 2 is 2.04 bits per heavy atom. The molecule has 8 heteroatoms. The normalized spacial score (nSPS) is 14.9. The van der Waals surface area contributed by atoms with Gasteiger partial charge in [-0.2, -0.15) is 0 Å². The van der Waals surface area contributed by atoms with E-state index in [1.54, 1.807) is 23.1 Å². The summed E-state index contributed by atoms with van der Waals surface area (Å²) in [6.45, 7) is 1.46. The van der Waals surface area contributed by atoms with E-state index < -0.39 is 0 Å². The van der Waals surface area contributed by atoms with Crippen LogP contribution < -0.4 is 5.69 Å². The number of aromatic nitrogens is 4. The highest BCUT2D eigenvalue weighted by Gasteiger charge is 2.20. The molecule has 1 aliphatic heterocycles. The van der Waals surface area contributed by atoms with Crippen LogP contribution in [0.2, 0.25) is 5.02 Å². The third-order valence-corrected chi connectivity index (χ3v) is 4.36. The van der Waals surface area contributed by atoms with Crippen molar-refractivity contribution in [2.45, 2.75) is 19.4 Å². The Morgan fingerprint density at radius 1 is 1.26 bits per heavy atom. The van der Waals surface area contributed by atoms with Crippen molar-refractivity contribution in [1.29, 1.82) is 0 Å². The fourth-order valence-corrected chi connectivity index (χ4v) is 3.09. The smallest absolute Gasteiger partial charge is 0.341 e. The molecule has 2 aromatic heterocycles. The van der Waals surface area contributed by atoms with E-state index in [2.05, 4.69) is 10.1 Å². The second-order valence-electron chi connectivity index (χ2n) is 5.63. The van der Waals surface area contributed by atoms with Gasteiger partial charge < -0.3 is 4.90 Å². The van der Waals surface area contributed by atoms with E-state index in [1.807, 2.05) is 0 Å². The number of likely N-dealkylation sites (tertiary alicyclic amines) is 1. The van der Waals surface area contributed by atoms with E-state index in [1.165, 1.54) is 15.4 Å². The molecule has 0 N–H and O–H groups in total. The summed E-state index contributed by atoms with van der Waals surface area (Å²) in [4.78, 5) is 30.7. The van der Waals surface area contributed by atoms with Crippen LogP contribution in [0.3, 0.4) is 0 Å². The number of carbonyl (C=O) groups excluding carboxylic acids is 1. The predicted octanol–water partition coefficient (Wildman–Crippen LogP) is 1.32. The molecular weight excluding hydrogens is 318 g/mol. The first-order valence-corrected chi connectivity index (χ1v) is 7.82. The molecule has 3 aromatic rings. The van der Waals surface area contributed by atoms with Crippen LogP contribution in [0.15, 0.2) is 29.3 Å². The molecular formula is C15H14ClN5O2. The summed E-state index contributed by atoms with van der Waals surface area (Å²) in [6, 6.07) is 5.22. The Labute approximate surface area is 136 Å². The summed E-state index contributed by atoms with van der Waals surface area (Å²) in [5.74, 6) is -0.0756. The predicted molar refractivity (Wildman–Crippen MR) is 85.6 cm³/mol. The van der Waals surface area contributed by atoms with Gasteiger partial charge in [-0.1, -0.05) is 11.6 Å². The third kappa shape index (κ3) is 2.37. The number of hydrogen-bond donors (Lipinski definition) is 0. The van der Waals surface area contributed by atoms with Crippen molar-refractivity contribution < 1.29 is 4.79 Å². The van der Waals surface area contributed by atoms with Crippen LogP contribution in [-0.4, -0.2) is 43.1 Å². The van der Waals surface area contributed by atoms with Gasteiger partial charge in [0.25, 0.3) is 0 Å². The van der Waals surface area contributed by atoms with Gasteiger partial charge in [-0.3, -0.25) is 4.79 Å². The second-order valence-corrected chi connectivity index (χ2v) is 6.06. The molecule has 1 saturated heterocycles. The van der Waals surface area contributed by atoms with Crippen molar-refractivity contribution in [2.24, 2.45) is 0 Å². The summed E-state index contributed by atoms with van der Waals surface area (Å²) in [5, 5.41) is 5.61. The minimum atomic E-state index is -0.364. The van der Waals surface area contributed by atoms with Gasteiger partial charge in [-0.15, -0.1) is 5.10 Å². The lowest BCUT2D eigenvalue weighted by molar-refractivity contribution is -0.131. The van der Waals surface area contributed by atoms with Crippen molar-refractivity contribution in [1.82, 2.24) is 24.1 Å². The molecule has 23 heavy (non-hydrogen) atoms. The molecule has 0 atom stereocenters. The number of carbonyl (C=O) groups is 1. The van der Waals surface area contributed by atoms with E-state index in [0.29, 0.717) is 16.2 Å². The highest BCUT2D eigenvalue weighted by atomic mass is 35.5. The minimum Gasteiger partial charge on any atom is -0.341 e. The number of hydrogen-bond acceptors (Lipinski definition) is 4. The molecule has 0 spiro atoms. The molecule has 1 aliphatic rings. The quantitative estimate of drug-likeness (QED) is 0.710. The van der Waals surface area contributed by atoms with Gasteiger partial charge >= 0.3 is 5.69 Å². The van der Waals surface area contributed by atoms with Gasteiger partial charge in [0.05, 0.1) is 5.52 Å². The third-order valence-electron chi connectivity index (χ3n) is 4.13. The van der Waals surface area contributed by atoms with Crippen LogP contribution in [0.25, 0.3) is 16.6 Å². The molecule has 4 rings (SSSR count). The van der Waals surface area contributed by atoms with Crippen LogP contribution in [0.4, 0.5) is 0 Å². The Morgan fingerprint density at radius 3 is 2.83 bits per heavy atom. The molecule has 0 aliphatic carbocycles. The molecule has 0 bridgehead atoms. The summed E-state index contributed by atoms with van der Waals surface area (Å²) < 4.78 is 2.55. The van der Waals surface area contributed by atoms with Crippen LogP contribution >= 0.6 is 11.6 Å². The van der Waals surface area contributed by atoms with Gasteiger partial charge in [-0.25, -0.2) is 18.9 Å². The number of halogens is 1. The maximum Gasteiger partial charge on any atom is 0.352 e. The van der Waals surface area contributed by atoms with Crippen LogP contribution in [-0.2, 0) is 11.3 Å². The molecule has 0 saturated carbocycles. The summed E-state index contributed by atoms with van der Waals surface area (Å²) >= 11 is 5.96. The first-order valence-electron chi connectivity index (χ1n) is 7.45. The average molecular weight is 332 g/mol. The van der Waals surface area contributed by atoms with E-state index >= 15 is 0 Å². The second kappa shape index (κ2) is 5.34. The number of amides is 1. The van der Waals surface area contributed by atoms with E-state index in [0.717, 1.165) is 31.3 Å². The van der Waals surface area contributed by atoms with Crippen molar-refractivity contribution in [3.8, 4) is 0 Å². The molecule has 1 fully saturated rings. The summed E-state index contributed by atoms with van der Waals surface area (Å²) in [6.07, 6.45) is 3.45. The standard InChI is InChI=1S/C15H14ClN5O2/c16-10-3-4-11-12(7-10)17-9-20-14(11)18-21(15(20)23)8-13(22)19-5-1-2-6-19/h3-4,7,9H,1-2,5-6,8H2.